The second kappa shape index (κ2) is 8.03. The summed E-state index contributed by atoms with van der Waals surface area (Å²) in [7, 11) is 1.51. The van der Waals surface area contributed by atoms with Gasteiger partial charge in [0.05, 0.1) is 39.3 Å². The average Bonchev–Trinajstić information content (AvgIpc) is 3.10. The number of aliphatic hydroxyl groups is 1. The summed E-state index contributed by atoms with van der Waals surface area (Å²) in [6.07, 6.45) is 0.376. The summed E-state index contributed by atoms with van der Waals surface area (Å²) in [4.78, 5) is 43.9. The van der Waals surface area contributed by atoms with E-state index in [1.54, 1.807) is 54.8 Å². The maximum atomic E-state index is 12.8. The number of hydrogen-bond donors (Lipinski definition) is 3. The van der Waals surface area contributed by atoms with E-state index < -0.39 is 22.6 Å². The maximum Gasteiger partial charge on any atom is 0.316 e. The van der Waals surface area contributed by atoms with E-state index in [0.717, 1.165) is 0 Å². The zero-order valence-corrected chi connectivity index (χ0v) is 18.3. The van der Waals surface area contributed by atoms with Crippen molar-refractivity contribution in [2.75, 3.05) is 5.32 Å². The number of aryl methyl sites for hydroxylation is 2. The van der Waals surface area contributed by atoms with Crippen molar-refractivity contribution in [1.29, 1.82) is 5.26 Å². The van der Waals surface area contributed by atoms with E-state index in [1.165, 1.54) is 11.6 Å². The highest BCUT2D eigenvalue weighted by atomic mass is 16.3. The lowest BCUT2D eigenvalue weighted by Crippen LogP contribution is -2.34. The normalized spacial score (nSPS) is 11.6. The first-order valence-corrected chi connectivity index (χ1v) is 10.2. The highest BCUT2D eigenvalue weighted by Crippen LogP contribution is 2.26. The van der Waals surface area contributed by atoms with Crippen molar-refractivity contribution in [3.63, 3.8) is 0 Å². The van der Waals surface area contributed by atoms with Gasteiger partial charge in [0, 0.05) is 19.2 Å². The highest BCUT2D eigenvalue weighted by molar-refractivity contribution is 6.04. The van der Waals surface area contributed by atoms with Crippen LogP contribution in [0.2, 0.25) is 0 Å². The molecular formula is C23H22N6O4. The fraction of sp³-hybridized carbons (Fsp3) is 0.261. The molecule has 3 N–H and O–H groups in total. The van der Waals surface area contributed by atoms with Crippen LogP contribution < -0.4 is 16.4 Å². The van der Waals surface area contributed by atoms with Gasteiger partial charge in [0.15, 0.2) is 0 Å². The maximum absolute atomic E-state index is 12.8. The standard InChI is InChI=1S/C23H22N6O4/c1-23(2,33)8-9-29-18-11-17-15(25-20(31)21(32)28(17)3)10-16(18)26-22(29)27-19(30)14-6-4-13(12-24)5-7-14/h4-7,10-11,33H,8-9H2,1-3H3,(H,25,31)(H,26,27,30). The van der Waals surface area contributed by atoms with Gasteiger partial charge in [-0.1, -0.05) is 0 Å². The number of benzene rings is 2. The van der Waals surface area contributed by atoms with E-state index in [2.05, 4.69) is 15.3 Å². The Morgan fingerprint density at radius 1 is 1.21 bits per heavy atom. The summed E-state index contributed by atoms with van der Waals surface area (Å²) in [6.45, 7) is 3.71. The molecule has 0 unspecified atom stereocenters. The van der Waals surface area contributed by atoms with Crippen LogP contribution in [-0.4, -0.2) is 35.7 Å². The smallest absolute Gasteiger partial charge is 0.316 e. The number of H-pyrrole nitrogens is 1. The van der Waals surface area contributed by atoms with Crippen molar-refractivity contribution in [3.05, 3.63) is 68.2 Å². The molecular weight excluding hydrogens is 424 g/mol. The van der Waals surface area contributed by atoms with Crippen LogP contribution >= 0.6 is 0 Å². The van der Waals surface area contributed by atoms with Crippen LogP contribution in [0.3, 0.4) is 0 Å². The Kier molecular flexibility index (Phi) is 5.35. The lowest BCUT2D eigenvalue weighted by Gasteiger charge is -2.18. The number of rotatable bonds is 5. The molecule has 0 aliphatic heterocycles. The topological polar surface area (TPSA) is 146 Å². The van der Waals surface area contributed by atoms with E-state index in [0.29, 0.717) is 46.2 Å². The molecule has 2 aromatic carbocycles. The first kappa shape index (κ1) is 22.0. The molecule has 0 fully saturated rings. The Hall–Kier alpha value is -4.23. The van der Waals surface area contributed by atoms with Crippen LogP contribution in [0.4, 0.5) is 5.95 Å². The van der Waals surface area contributed by atoms with Gasteiger partial charge in [0.2, 0.25) is 5.95 Å². The molecule has 1 amide bonds. The molecule has 168 valence electrons. The molecule has 0 bridgehead atoms. The number of carbonyl (C=O) groups is 1. The molecule has 0 aliphatic carbocycles. The van der Waals surface area contributed by atoms with Gasteiger partial charge in [0.1, 0.15) is 0 Å². The van der Waals surface area contributed by atoms with Gasteiger partial charge in [0.25, 0.3) is 5.91 Å². The van der Waals surface area contributed by atoms with E-state index >= 15 is 0 Å². The van der Waals surface area contributed by atoms with Crippen molar-refractivity contribution in [1.82, 2.24) is 19.1 Å². The van der Waals surface area contributed by atoms with E-state index in [4.69, 9.17) is 5.26 Å². The molecule has 0 atom stereocenters. The van der Waals surface area contributed by atoms with Crippen LogP contribution in [0.15, 0.2) is 46.0 Å². The van der Waals surface area contributed by atoms with Gasteiger partial charge in [-0.25, -0.2) is 4.98 Å². The molecule has 0 aliphatic rings. The number of nitrogens with zero attached hydrogens (tertiary/aromatic N) is 4. The number of anilines is 1. The molecule has 33 heavy (non-hydrogen) atoms. The van der Waals surface area contributed by atoms with Gasteiger partial charge in [-0.3, -0.25) is 19.7 Å². The highest BCUT2D eigenvalue weighted by Gasteiger charge is 2.19. The Balaban J connectivity index is 1.84. The van der Waals surface area contributed by atoms with Crippen LogP contribution in [0, 0.1) is 11.3 Å². The second-order valence-electron chi connectivity index (χ2n) is 8.47. The van der Waals surface area contributed by atoms with Crippen molar-refractivity contribution in [2.45, 2.75) is 32.4 Å². The number of nitrogens with one attached hydrogen (secondary N) is 2. The fourth-order valence-corrected chi connectivity index (χ4v) is 3.55. The van der Waals surface area contributed by atoms with Crippen LogP contribution in [0.5, 0.6) is 0 Å². The van der Waals surface area contributed by atoms with Crippen LogP contribution in [-0.2, 0) is 13.6 Å². The lowest BCUT2D eigenvalue weighted by molar-refractivity contribution is 0.0667. The molecule has 2 heterocycles. The second-order valence-corrected chi connectivity index (χ2v) is 8.47. The summed E-state index contributed by atoms with van der Waals surface area (Å²) in [5, 5.41) is 22.0. The number of carbonyl (C=O) groups excluding carboxylic acids is 1. The number of imidazole rings is 1. The van der Waals surface area contributed by atoms with E-state index in [1.807, 2.05) is 6.07 Å². The molecule has 2 aromatic heterocycles. The third kappa shape index (κ3) is 4.26. The Morgan fingerprint density at radius 2 is 1.91 bits per heavy atom. The predicted octanol–water partition coefficient (Wildman–Crippen LogP) is 1.86. The first-order chi connectivity index (χ1) is 15.6. The number of aromatic amines is 1. The zero-order valence-electron chi connectivity index (χ0n) is 18.3. The van der Waals surface area contributed by atoms with Gasteiger partial charge >= 0.3 is 11.1 Å². The molecule has 10 heteroatoms. The van der Waals surface area contributed by atoms with Gasteiger partial charge in [-0.15, -0.1) is 0 Å². The van der Waals surface area contributed by atoms with Crippen molar-refractivity contribution in [3.8, 4) is 6.07 Å². The zero-order chi connectivity index (χ0) is 23.9. The Labute approximate surface area is 187 Å². The monoisotopic (exact) mass is 446 g/mol. The minimum Gasteiger partial charge on any atom is -0.390 e. The van der Waals surface area contributed by atoms with E-state index in [-0.39, 0.29) is 5.95 Å². The third-order valence-electron chi connectivity index (χ3n) is 5.42. The molecule has 0 spiro atoms. The first-order valence-electron chi connectivity index (χ1n) is 10.2. The fourth-order valence-electron chi connectivity index (χ4n) is 3.55. The number of hydrogen-bond acceptors (Lipinski definition) is 6. The van der Waals surface area contributed by atoms with Gasteiger partial charge < -0.3 is 19.2 Å². The number of fused-ring (bicyclic) bond motifs is 2. The molecule has 10 nitrogen and oxygen atoms in total. The SMILES string of the molecule is Cn1c(=O)c(=O)[nH]c2cc3nc(NC(=O)c4ccc(C#N)cc4)n(CCC(C)(C)O)c3cc21. The largest absolute Gasteiger partial charge is 0.390 e. The summed E-state index contributed by atoms with van der Waals surface area (Å²) in [5.74, 6) is -0.157. The van der Waals surface area contributed by atoms with E-state index in [9.17, 15) is 19.5 Å². The summed E-state index contributed by atoms with van der Waals surface area (Å²) >= 11 is 0. The third-order valence-corrected chi connectivity index (χ3v) is 5.42. The number of amides is 1. The predicted molar refractivity (Wildman–Crippen MR) is 123 cm³/mol. The average molecular weight is 446 g/mol. The van der Waals surface area contributed by atoms with Crippen molar-refractivity contribution >= 4 is 33.9 Å². The molecule has 4 aromatic rings. The van der Waals surface area contributed by atoms with Crippen LogP contribution in [0.25, 0.3) is 22.1 Å². The minimum atomic E-state index is -0.958. The summed E-state index contributed by atoms with van der Waals surface area (Å²) < 4.78 is 3.01. The Morgan fingerprint density at radius 3 is 2.55 bits per heavy atom. The molecule has 0 saturated carbocycles. The van der Waals surface area contributed by atoms with Gasteiger partial charge in [-0.2, -0.15) is 5.26 Å². The van der Waals surface area contributed by atoms with Gasteiger partial charge in [-0.05, 0) is 56.7 Å². The summed E-state index contributed by atoms with van der Waals surface area (Å²) in [5.41, 5.74) is 0.487. The molecule has 4 rings (SSSR count). The minimum absolute atomic E-state index is 0.256. The van der Waals surface area contributed by atoms with Crippen molar-refractivity contribution in [2.24, 2.45) is 7.05 Å². The number of aromatic nitrogens is 4. The summed E-state index contributed by atoms with van der Waals surface area (Å²) in [6, 6.07) is 11.6. The Bertz CT molecular complexity index is 1550. The quantitative estimate of drug-likeness (QED) is 0.399. The molecule has 0 saturated heterocycles. The van der Waals surface area contributed by atoms with Crippen molar-refractivity contribution < 1.29 is 9.90 Å². The molecule has 0 radical (unpaired) electrons. The number of nitriles is 1. The lowest BCUT2D eigenvalue weighted by atomic mass is 10.1. The van der Waals surface area contributed by atoms with Crippen LogP contribution in [0.1, 0.15) is 36.2 Å².